The van der Waals surface area contributed by atoms with Crippen LogP contribution in [0.2, 0.25) is 0 Å². The summed E-state index contributed by atoms with van der Waals surface area (Å²) in [6.45, 7) is 1.93. The maximum atomic E-state index is 12.7. The van der Waals surface area contributed by atoms with Crippen molar-refractivity contribution in [3.05, 3.63) is 66.9 Å². The lowest BCUT2D eigenvalue weighted by Gasteiger charge is -2.33. The van der Waals surface area contributed by atoms with Gasteiger partial charge in [-0.15, -0.1) is 0 Å². The molecule has 31 heavy (non-hydrogen) atoms. The first-order valence-electron chi connectivity index (χ1n) is 10.5. The molecule has 1 fully saturated rings. The van der Waals surface area contributed by atoms with Gasteiger partial charge in [-0.3, -0.25) is 9.80 Å². The second kappa shape index (κ2) is 9.57. The summed E-state index contributed by atoms with van der Waals surface area (Å²) in [4.78, 5) is 19.0. The van der Waals surface area contributed by atoms with Gasteiger partial charge in [0.1, 0.15) is 11.7 Å². The zero-order chi connectivity index (χ0) is 21.6. The van der Waals surface area contributed by atoms with Gasteiger partial charge in [-0.05, 0) is 50.2 Å². The highest BCUT2D eigenvalue weighted by atomic mass is 16.1. The molecule has 0 aromatic carbocycles. The number of likely N-dealkylation sites (N-methyl/N-ethyl adjacent to an activating group) is 2. The number of rotatable bonds is 6. The fourth-order valence-electron chi connectivity index (χ4n) is 3.84. The third-order valence-electron chi connectivity index (χ3n) is 5.54. The van der Waals surface area contributed by atoms with Crippen LogP contribution in [0.1, 0.15) is 23.2 Å². The van der Waals surface area contributed by atoms with E-state index in [9.17, 15) is 4.79 Å². The molecule has 0 aliphatic carbocycles. The van der Waals surface area contributed by atoms with Crippen molar-refractivity contribution >= 4 is 17.3 Å². The van der Waals surface area contributed by atoms with Crippen molar-refractivity contribution in [2.24, 2.45) is 11.0 Å². The number of piperidine rings is 1. The van der Waals surface area contributed by atoms with Crippen molar-refractivity contribution in [3.63, 3.8) is 0 Å². The minimum absolute atomic E-state index is 0.0505. The van der Waals surface area contributed by atoms with E-state index in [0.717, 1.165) is 31.6 Å². The van der Waals surface area contributed by atoms with Gasteiger partial charge in [0.15, 0.2) is 5.65 Å². The molecule has 0 radical (unpaired) electrons. The van der Waals surface area contributed by atoms with Crippen molar-refractivity contribution in [3.8, 4) is 0 Å². The molecule has 1 atom stereocenters. The van der Waals surface area contributed by atoms with Crippen molar-refractivity contribution < 1.29 is 4.79 Å². The number of allylic oxidation sites excluding steroid dienone is 3. The first kappa shape index (κ1) is 20.8. The molecule has 0 bridgehead atoms. The Hall–Kier alpha value is -3.46. The van der Waals surface area contributed by atoms with Gasteiger partial charge in [0.25, 0.3) is 5.91 Å². The Morgan fingerprint density at radius 1 is 1.35 bits per heavy atom. The molecule has 2 N–H and O–H groups in total. The predicted octanol–water partition coefficient (Wildman–Crippen LogP) is 1.60. The zero-order valence-corrected chi connectivity index (χ0v) is 17.8. The zero-order valence-electron chi connectivity index (χ0n) is 17.8. The smallest absolute Gasteiger partial charge is 0.260 e. The SMILES string of the molecule is CN1C=CC=CC1N(C)N=C(C=CNC(=O)c1cnn2cccnc12)C1CCNCC1. The van der Waals surface area contributed by atoms with E-state index < -0.39 is 0 Å². The monoisotopic (exact) mass is 420 g/mol. The maximum absolute atomic E-state index is 12.7. The molecular weight excluding hydrogens is 392 g/mol. The van der Waals surface area contributed by atoms with E-state index in [4.69, 9.17) is 5.10 Å². The molecule has 2 aliphatic heterocycles. The van der Waals surface area contributed by atoms with E-state index in [1.165, 1.54) is 6.20 Å². The number of hydrogen-bond donors (Lipinski definition) is 2. The van der Waals surface area contributed by atoms with E-state index >= 15 is 0 Å². The van der Waals surface area contributed by atoms with Gasteiger partial charge in [-0.1, -0.05) is 6.08 Å². The number of nitrogens with zero attached hydrogens (tertiary/aromatic N) is 6. The second-order valence-corrected chi connectivity index (χ2v) is 7.68. The summed E-state index contributed by atoms with van der Waals surface area (Å²) in [5, 5.41) is 17.3. The molecule has 4 heterocycles. The molecule has 162 valence electrons. The molecule has 2 aromatic rings. The number of fused-ring (bicyclic) bond motifs is 1. The van der Waals surface area contributed by atoms with E-state index in [0.29, 0.717) is 17.1 Å². The van der Waals surface area contributed by atoms with Gasteiger partial charge in [0.2, 0.25) is 0 Å². The van der Waals surface area contributed by atoms with Gasteiger partial charge >= 0.3 is 0 Å². The normalized spacial score (nSPS) is 20.0. The Bertz CT molecular complexity index is 1030. The van der Waals surface area contributed by atoms with Crippen LogP contribution >= 0.6 is 0 Å². The summed E-state index contributed by atoms with van der Waals surface area (Å²) in [5.74, 6) is 0.0898. The van der Waals surface area contributed by atoms with Crippen LogP contribution in [0.25, 0.3) is 5.65 Å². The molecule has 9 heteroatoms. The molecule has 2 aliphatic rings. The fraction of sp³-hybridized carbons (Fsp3) is 0.364. The van der Waals surface area contributed by atoms with Crippen LogP contribution in [-0.4, -0.2) is 69.5 Å². The lowest BCUT2D eigenvalue weighted by molar-refractivity contribution is 0.0971. The molecule has 0 saturated carbocycles. The number of carbonyl (C=O) groups excluding carboxylic acids is 1. The molecule has 1 saturated heterocycles. The summed E-state index contributed by atoms with van der Waals surface area (Å²) in [6.07, 6.45) is 18.8. The van der Waals surface area contributed by atoms with E-state index in [1.54, 1.807) is 29.2 Å². The summed E-state index contributed by atoms with van der Waals surface area (Å²) < 4.78 is 1.58. The largest absolute Gasteiger partial charge is 0.356 e. The standard InChI is InChI=1S/C22H28N8O/c1-28-14-4-3-6-20(28)29(2)27-19(17-7-11-23-12-8-17)9-13-25-22(31)18-16-26-30-15-5-10-24-21(18)30/h3-6,9-10,13-17,20,23H,7-8,11-12H2,1-2H3,(H,25,31). The predicted molar refractivity (Wildman–Crippen MR) is 120 cm³/mol. The lowest BCUT2D eigenvalue weighted by atomic mass is 9.93. The van der Waals surface area contributed by atoms with Gasteiger partial charge < -0.3 is 15.5 Å². The Kier molecular flexibility index (Phi) is 6.42. The Balaban J connectivity index is 1.50. The highest BCUT2D eigenvalue weighted by Gasteiger charge is 2.21. The number of aromatic nitrogens is 3. The number of hydrazone groups is 1. The number of hydrogen-bond acceptors (Lipinski definition) is 7. The first-order valence-corrected chi connectivity index (χ1v) is 10.5. The third kappa shape index (κ3) is 4.83. The van der Waals surface area contributed by atoms with Crippen molar-refractivity contribution in [2.45, 2.75) is 19.0 Å². The maximum Gasteiger partial charge on any atom is 0.260 e. The van der Waals surface area contributed by atoms with Crippen molar-refractivity contribution in [2.75, 3.05) is 27.2 Å². The molecule has 2 aromatic heterocycles. The van der Waals surface area contributed by atoms with Gasteiger partial charge in [0, 0.05) is 44.8 Å². The summed E-state index contributed by atoms with van der Waals surface area (Å²) in [6, 6.07) is 1.77. The molecule has 1 unspecified atom stereocenters. The quantitative estimate of drug-likeness (QED) is 0.545. The average molecular weight is 421 g/mol. The van der Waals surface area contributed by atoms with Crippen LogP contribution in [0, 0.1) is 5.92 Å². The van der Waals surface area contributed by atoms with Crippen LogP contribution < -0.4 is 10.6 Å². The van der Waals surface area contributed by atoms with Gasteiger partial charge in [-0.2, -0.15) is 10.2 Å². The van der Waals surface area contributed by atoms with Gasteiger partial charge in [0.05, 0.1) is 11.9 Å². The topological polar surface area (TPSA) is 90.2 Å². The summed E-state index contributed by atoms with van der Waals surface area (Å²) in [5.41, 5.74) is 1.92. The number of nitrogens with one attached hydrogen (secondary N) is 2. The van der Waals surface area contributed by atoms with Crippen LogP contribution in [0.4, 0.5) is 0 Å². The number of carbonyl (C=O) groups is 1. The lowest BCUT2D eigenvalue weighted by Crippen LogP contribution is -2.40. The van der Waals surface area contributed by atoms with E-state index in [1.807, 2.05) is 43.5 Å². The minimum Gasteiger partial charge on any atom is -0.356 e. The van der Waals surface area contributed by atoms with E-state index in [-0.39, 0.29) is 12.1 Å². The highest BCUT2D eigenvalue weighted by Crippen LogP contribution is 2.17. The van der Waals surface area contributed by atoms with Gasteiger partial charge in [-0.25, -0.2) is 9.50 Å². The molecule has 9 nitrogen and oxygen atoms in total. The summed E-state index contributed by atoms with van der Waals surface area (Å²) in [7, 11) is 4.00. The van der Waals surface area contributed by atoms with Crippen molar-refractivity contribution in [1.82, 2.24) is 35.1 Å². The Morgan fingerprint density at radius 2 is 2.19 bits per heavy atom. The van der Waals surface area contributed by atoms with Crippen LogP contribution in [0.3, 0.4) is 0 Å². The summed E-state index contributed by atoms with van der Waals surface area (Å²) >= 11 is 0. The average Bonchev–Trinajstić information content (AvgIpc) is 3.23. The number of amides is 1. The highest BCUT2D eigenvalue weighted by molar-refractivity contribution is 6.01. The fourth-order valence-corrected chi connectivity index (χ4v) is 3.84. The van der Waals surface area contributed by atoms with Crippen LogP contribution in [-0.2, 0) is 0 Å². The Morgan fingerprint density at radius 3 is 3.00 bits per heavy atom. The van der Waals surface area contributed by atoms with E-state index in [2.05, 4.69) is 31.7 Å². The van der Waals surface area contributed by atoms with Crippen molar-refractivity contribution in [1.29, 1.82) is 0 Å². The third-order valence-corrected chi connectivity index (χ3v) is 5.54. The van der Waals surface area contributed by atoms with Crippen LogP contribution in [0.15, 0.2) is 66.5 Å². The minimum atomic E-state index is -0.247. The second-order valence-electron chi connectivity index (χ2n) is 7.68. The Labute approximate surface area is 181 Å². The molecule has 0 spiro atoms. The molecule has 1 amide bonds. The molecule has 4 rings (SSSR count). The van der Waals surface area contributed by atoms with Crippen LogP contribution in [0.5, 0.6) is 0 Å². The first-order chi connectivity index (χ1) is 15.1. The molecular formula is C22H28N8O.